The molecule has 0 aliphatic carbocycles. The smallest absolute Gasteiger partial charge is 0.416 e. The van der Waals surface area contributed by atoms with Gasteiger partial charge in [0, 0.05) is 18.8 Å². The number of rotatable bonds is 5. The van der Waals surface area contributed by atoms with Gasteiger partial charge in [-0.05, 0) is 6.42 Å². The minimum Gasteiger partial charge on any atom is -0.464 e. The first kappa shape index (κ1) is 10.8. The lowest BCUT2D eigenvalue weighted by Gasteiger charge is -2.01. The maximum absolute atomic E-state index is 10.7. The van der Waals surface area contributed by atoms with Crippen LogP contribution in [-0.4, -0.2) is 20.8 Å². The second kappa shape index (κ2) is 5.42. The molecule has 0 unspecified atom stereocenters. The lowest BCUT2D eigenvalue weighted by atomic mass is 10.1. The number of unbranched alkanes of at least 4 members (excludes halogenated alkanes) is 3. The van der Waals surface area contributed by atoms with Gasteiger partial charge in [-0.1, -0.05) is 26.2 Å². The summed E-state index contributed by atoms with van der Waals surface area (Å²) in [6, 6.07) is 0. The van der Waals surface area contributed by atoms with Crippen LogP contribution in [0, 0.1) is 0 Å². The highest BCUT2D eigenvalue weighted by Crippen LogP contribution is 2.06. The molecule has 0 saturated carbocycles. The monoisotopic (exact) mass is 196 g/mol. The van der Waals surface area contributed by atoms with E-state index in [0.717, 1.165) is 19.3 Å². The Morgan fingerprint density at radius 2 is 2.29 bits per heavy atom. The minimum atomic E-state index is -0.951. The number of carbonyl (C=O) groups is 1. The fourth-order valence-electron chi connectivity index (χ4n) is 1.40. The Balaban J connectivity index is 2.42. The predicted molar refractivity (Wildman–Crippen MR) is 53.5 cm³/mol. The Morgan fingerprint density at radius 3 is 2.93 bits per heavy atom. The molecule has 0 atom stereocenters. The molecule has 1 N–H and O–H groups in total. The van der Waals surface area contributed by atoms with Crippen LogP contribution in [0.5, 0.6) is 0 Å². The molecule has 0 fully saturated rings. The van der Waals surface area contributed by atoms with Crippen molar-refractivity contribution < 1.29 is 9.90 Å². The zero-order chi connectivity index (χ0) is 10.4. The maximum atomic E-state index is 10.7. The average molecular weight is 196 g/mol. The second-order valence-corrected chi connectivity index (χ2v) is 3.31. The Bertz CT molecular complexity index is 294. The maximum Gasteiger partial charge on any atom is 0.416 e. The summed E-state index contributed by atoms with van der Waals surface area (Å²) >= 11 is 0. The fourth-order valence-corrected chi connectivity index (χ4v) is 1.40. The minimum absolute atomic E-state index is 0.647. The van der Waals surface area contributed by atoms with E-state index in [1.165, 1.54) is 29.8 Å². The highest BCUT2D eigenvalue weighted by molar-refractivity contribution is 5.68. The number of aromatic nitrogens is 2. The summed E-state index contributed by atoms with van der Waals surface area (Å²) in [5, 5.41) is 8.78. The average Bonchev–Trinajstić information content (AvgIpc) is 2.60. The molecule has 0 radical (unpaired) electrons. The summed E-state index contributed by atoms with van der Waals surface area (Å²) in [6.45, 7) is 2.15. The highest BCUT2D eigenvalue weighted by atomic mass is 16.4. The zero-order valence-electron chi connectivity index (χ0n) is 8.44. The van der Waals surface area contributed by atoms with E-state index in [9.17, 15) is 4.79 Å². The van der Waals surface area contributed by atoms with Gasteiger partial charge in [0.15, 0.2) is 0 Å². The van der Waals surface area contributed by atoms with Crippen molar-refractivity contribution in [1.82, 2.24) is 9.55 Å². The highest BCUT2D eigenvalue weighted by Gasteiger charge is 2.07. The molecule has 0 saturated heterocycles. The van der Waals surface area contributed by atoms with E-state index in [2.05, 4.69) is 11.9 Å². The molecular formula is C10H16N2O2. The molecular weight excluding hydrogens is 180 g/mol. The van der Waals surface area contributed by atoms with Gasteiger partial charge in [-0.2, -0.15) is 0 Å². The largest absolute Gasteiger partial charge is 0.464 e. The lowest BCUT2D eigenvalue weighted by molar-refractivity contribution is 0.195. The summed E-state index contributed by atoms with van der Waals surface area (Å²) in [4.78, 5) is 14.7. The zero-order valence-corrected chi connectivity index (χ0v) is 8.44. The van der Waals surface area contributed by atoms with Crippen molar-refractivity contribution in [1.29, 1.82) is 0 Å². The van der Waals surface area contributed by atoms with Crippen molar-refractivity contribution in [3.8, 4) is 0 Å². The van der Waals surface area contributed by atoms with E-state index in [1.807, 2.05) is 0 Å². The third-order valence-electron chi connectivity index (χ3n) is 2.18. The molecule has 0 amide bonds. The van der Waals surface area contributed by atoms with Crippen molar-refractivity contribution in [3.05, 3.63) is 18.2 Å². The first-order chi connectivity index (χ1) is 6.75. The Hall–Kier alpha value is -1.32. The molecule has 14 heavy (non-hydrogen) atoms. The molecule has 0 spiro atoms. The van der Waals surface area contributed by atoms with Crippen LogP contribution in [0.3, 0.4) is 0 Å². The summed E-state index contributed by atoms with van der Waals surface area (Å²) in [6.07, 6.45) is 7.36. The van der Waals surface area contributed by atoms with Crippen LogP contribution in [-0.2, 0) is 6.42 Å². The number of imidazole rings is 1. The fraction of sp³-hybridized carbons (Fsp3) is 0.600. The van der Waals surface area contributed by atoms with Crippen molar-refractivity contribution in [2.75, 3.05) is 0 Å². The van der Waals surface area contributed by atoms with Crippen molar-refractivity contribution in [2.45, 2.75) is 39.0 Å². The first-order valence-electron chi connectivity index (χ1n) is 5.01. The molecule has 1 rings (SSSR count). The lowest BCUT2D eigenvalue weighted by Crippen LogP contribution is -2.11. The quantitative estimate of drug-likeness (QED) is 0.736. The molecule has 0 bridgehead atoms. The number of hydrogen-bond donors (Lipinski definition) is 1. The normalized spacial score (nSPS) is 10.4. The third-order valence-corrected chi connectivity index (χ3v) is 2.18. The van der Waals surface area contributed by atoms with Gasteiger partial charge in [0.2, 0.25) is 0 Å². The predicted octanol–water partition coefficient (Wildman–Crippen LogP) is 2.53. The number of aryl methyl sites for hydroxylation is 1. The van der Waals surface area contributed by atoms with E-state index in [-0.39, 0.29) is 0 Å². The van der Waals surface area contributed by atoms with Crippen LogP contribution in [0.2, 0.25) is 0 Å². The summed E-state index contributed by atoms with van der Waals surface area (Å²) in [7, 11) is 0. The van der Waals surface area contributed by atoms with Gasteiger partial charge in [-0.15, -0.1) is 0 Å². The first-order valence-corrected chi connectivity index (χ1v) is 5.01. The van der Waals surface area contributed by atoms with Crippen LogP contribution >= 0.6 is 0 Å². The van der Waals surface area contributed by atoms with Crippen LogP contribution in [0.4, 0.5) is 4.79 Å². The van der Waals surface area contributed by atoms with Gasteiger partial charge in [-0.3, -0.25) is 0 Å². The van der Waals surface area contributed by atoms with Crippen LogP contribution in [0.15, 0.2) is 12.4 Å². The molecule has 1 aromatic heterocycles. The number of nitrogens with zero attached hydrogens (tertiary/aromatic N) is 2. The van der Waals surface area contributed by atoms with E-state index in [0.29, 0.717) is 5.82 Å². The molecule has 1 aromatic rings. The van der Waals surface area contributed by atoms with Gasteiger partial charge in [0.1, 0.15) is 5.82 Å². The summed E-state index contributed by atoms with van der Waals surface area (Å²) in [5.74, 6) is 0.647. The van der Waals surface area contributed by atoms with E-state index < -0.39 is 6.09 Å². The SMILES string of the molecule is CCCCCCc1nccn1C(=O)O. The molecule has 78 valence electrons. The molecule has 4 heteroatoms. The van der Waals surface area contributed by atoms with Gasteiger partial charge < -0.3 is 5.11 Å². The molecule has 0 aliphatic rings. The van der Waals surface area contributed by atoms with Gasteiger partial charge in [0.25, 0.3) is 0 Å². The van der Waals surface area contributed by atoms with Crippen LogP contribution in [0.1, 0.15) is 38.4 Å². The van der Waals surface area contributed by atoms with Gasteiger partial charge in [0.05, 0.1) is 0 Å². The molecule has 0 aromatic carbocycles. The standard InChI is InChI=1S/C10H16N2O2/c1-2-3-4-5-6-9-11-7-8-12(9)10(13)14/h7-8H,2-6H2,1H3,(H,13,14). The van der Waals surface area contributed by atoms with Crippen molar-refractivity contribution in [2.24, 2.45) is 0 Å². The third kappa shape index (κ3) is 2.87. The Morgan fingerprint density at radius 1 is 1.50 bits per heavy atom. The van der Waals surface area contributed by atoms with E-state index >= 15 is 0 Å². The molecule has 1 heterocycles. The van der Waals surface area contributed by atoms with Gasteiger partial charge in [-0.25, -0.2) is 14.3 Å². The Kier molecular flexibility index (Phi) is 4.16. The second-order valence-electron chi connectivity index (χ2n) is 3.31. The summed E-state index contributed by atoms with van der Waals surface area (Å²) < 4.78 is 1.19. The van der Waals surface area contributed by atoms with Gasteiger partial charge >= 0.3 is 6.09 Å². The van der Waals surface area contributed by atoms with E-state index in [1.54, 1.807) is 0 Å². The van der Waals surface area contributed by atoms with Crippen LogP contribution in [0.25, 0.3) is 0 Å². The Labute approximate surface area is 83.6 Å². The molecule has 0 aliphatic heterocycles. The van der Waals surface area contributed by atoms with Crippen molar-refractivity contribution >= 4 is 6.09 Å². The van der Waals surface area contributed by atoms with Crippen molar-refractivity contribution in [3.63, 3.8) is 0 Å². The van der Waals surface area contributed by atoms with E-state index in [4.69, 9.17) is 5.11 Å². The molecule has 4 nitrogen and oxygen atoms in total. The number of hydrogen-bond acceptors (Lipinski definition) is 2. The van der Waals surface area contributed by atoms with Crippen LogP contribution < -0.4 is 0 Å². The number of carboxylic acid groups (broad SMARTS) is 1. The topological polar surface area (TPSA) is 55.1 Å². The summed E-state index contributed by atoms with van der Waals surface area (Å²) in [5.41, 5.74) is 0.